The van der Waals surface area contributed by atoms with Crippen LogP contribution in [-0.4, -0.2) is 113 Å². The van der Waals surface area contributed by atoms with Crippen molar-refractivity contribution in [3.05, 3.63) is 179 Å². The number of aromatic nitrogens is 3. The Bertz CT molecular complexity index is 3470. The Morgan fingerprint density at radius 2 is 1.52 bits per heavy atom. The van der Waals surface area contributed by atoms with Crippen LogP contribution in [0.3, 0.4) is 0 Å². The number of fused-ring (bicyclic) bond motifs is 4. The Hall–Kier alpha value is -8.89. The molecule has 3 fully saturated rings. The summed E-state index contributed by atoms with van der Waals surface area (Å²) in [6, 6.07) is 39.9. The number of nitrogens with zero attached hydrogens (tertiary/aromatic N) is 6. The first-order valence-corrected chi connectivity index (χ1v) is 26.3. The minimum Gasteiger partial charge on any atom is -0.491 e. The van der Waals surface area contributed by atoms with Gasteiger partial charge in [0, 0.05) is 30.0 Å². The van der Waals surface area contributed by atoms with Crippen molar-refractivity contribution in [3.8, 4) is 17.6 Å². The molecule has 0 aliphatic carbocycles. The Labute approximate surface area is 456 Å². The second-order valence-corrected chi connectivity index (χ2v) is 20.1. The van der Waals surface area contributed by atoms with Gasteiger partial charge in [0.25, 0.3) is 0 Å². The summed E-state index contributed by atoms with van der Waals surface area (Å²) in [5.41, 5.74) is 3.25. The molecular formula is C61H58N8O10. The number of cyclic esters (lactones) is 1. The molecule has 79 heavy (non-hydrogen) atoms. The molecule has 402 valence electrons. The van der Waals surface area contributed by atoms with Crippen molar-refractivity contribution in [3.63, 3.8) is 0 Å². The van der Waals surface area contributed by atoms with Crippen LogP contribution in [-0.2, 0) is 45.3 Å². The number of imide groups is 1. The van der Waals surface area contributed by atoms with E-state index in [0.717, 1.165) is 21.7 Å². The van der Waals surface area contributed by atoms with Gasteiger partial charge < -0.3 is 39.6 Å². The second kappa shape index (κ2) is 22.2. The smallest absolute Gasteiger partial charge is 0.329 e. The maximum Gasteiger partial charge on any atom is 0.329 e. The van der Waals surface area contributed by atoms with Gasteiger partial charge in [0.15, 0.2) is 0 Å². The van der Waals surface area contributed by atoms with Crippen molar-refractivity contribution in [2.75, 3.05) is 61.7 Å². The molecule has 7 atom stereocenters. The van der Waals surface area contributed by atoms with Crippen LogP contribution in [0, 0.1) is 23.7 Å². The molecular weight excluding hydrogens is 1000 g/mol. The molecule has 4 amide bonds. The lowest BCUT2D eigenvalue weighted by Crippen LogP contribution is -2.57. The predicted molar refractivity (Wildman–Crippen MR) is 293 cm³/mol. The highest BCUT2D eigenvalue weighted by Crippen LogP contribution is 2.66. The fourth-order valence-electron chi connectivity index (χ4n) is 11.8. The van der Waals surface area contributed by atoms with Gasteiger partial charge in [0.05, 0.1) is 56.1 Å². The molecule has 3 N–H and O–H groups in total. The van der Waals surface area contributed by atoms with E-state index < -0.39 is 77.3 Å². The summed E-state index contributed by atoms with van der Waals surface area (Å²) in [5, 5.41) is 24.2. The lowest BCUT2D eigenvalue weighted by atomic mass is 9.65. The van der Waals surface area contributed by atoms with E-state index in [1.807, 2.05) is 102 Å². The molecule has 18 heteroatoms. The van der Waals surface area contributed by atoms with Crippen molar-refractivity contribution in [1.29, 1.82) is 0 Å². The number of aliphatic hydroxyl groups excluding tert-OH is 1. The average molecular weight is 1060 g/mol. The summed E-state index contributed by atoms with van der Waals surface area (Å²) in [6.45, 7) is 5.90. The molecule has 5 heterocycles. The Morgan fingerprint density at radius 3 is 2.22 bits per heavy atom. The summed E-state index contributed by atoms with van der Waals surface area (Å²) in [6.07, 6.45) is -0.971. The Morgan fingerprint density at radius 1 is 0.823 bits per heavy atom. The highest BCUT2D eigenvalue weighted by Gasteiger charge is 2.75. The lowest BCUT2D eigenvalue weighted by Gasteiger charge is -2.46. The first-order chi connectivity index (χ1) is 38.5. The van der Waals surface area contributed by atoms with Crippen LogP contribution in [0.1, 0.15) is 59.9 Å². The van der Waals surface area contributed by atoms with E-state index >= 15 is 19.2 Å². The molecule has 0 radical (unpaired) electrons. The van der Waals surface area contributed by atoms with Crippen LogP contribution < -0.4 is 25.2 Å². The van der Waals surface area contributed by atoms with Gasteiger partial charge in [-0.25, -0.2) is 19.2 Å². The number of hydrogen-bond donors (Lipinski definition) is 3. The number of carbonyl (C=O) groups excluding carboxylic acids is 5. The van der Waals surface area contributed by atoms with E-state index in [1.165, 1.54) is 7.11 Å². The minimum atomic E-state index is -2.15. The van der Waals surface area contributed by atoms with Crippen molar-refractivity contribution < 1.29 is 48.0 Å². The van der Waals surface area contributed by atoms with Gasteiger partial charge >= 0.3 is 18.0 Å². The van der Waals surface area contributed by atoms with Crippen molar-refractivity contribution in [1.82, 2.24) is 25.2 Å². The normalized spacial score (nSPS) is 21.9. The van der Waals surface area contributed by atoms with Gasteiger partial charge in [0.1, 0.15) is 48.0 Å². The number of aliphatic hydroxyl groups is 1. The minimum absolute atomic E-state index is 0.00703. The number of nitrogens with one attached hydrogen (secondary N) is 2. The highest BCUT2D eigenvalue weighted by atomic mass is 16.6. The molecule has 6 aromatic carbocycles. The number of anilines is 3. The standard InChI is InChI=1S/C61H58N8O10/c1-38(2)51(57(72)76-3)63-60(75)68-48-29-20-39(13-12-30-67-49-19-11-10-18-47(49)64-65-67)37-46(48)61(59(68)74)50(56(71)62-43-23-25-44(26-24-43)66-31-34-77-35-32-66)53-58(73)79-54(41-16-8-5-9-17-41)52(40-14-6-4-7-15-40)69(53)55(61)42-21-27-45(28-22-42)78-36-33-70/h4-11,14-29,37-38,50-55,70H,30-36H2,1-3H3,(H,62,71)(H,63,75)/t50-,51-,52-,53-,54+,55+,61-/m0/s1. The van der Waals surface area contributed by atoms with Crippen LogP contribution >= 0.6 is 0 Å². The third kappa shape index (κ3) is 9.59. The predicted octanol–water partition coefficient (Wildman–Crippen LogP) is 6.90. The van der Waals surface area contributed by atoms with E-state index in [1.54, 1.807) is 73.1 Å². The number of rotatable bonds is 13. The van der Waals surface area contributed by atoms with E-state index in [9.17, 15) is 9.90 Å². The number of amides is 4. The van der Waals surface area contributed by atoms with Gasteiger partial charge in [-0.1, -0.05) is 116 Å². The fourth-order valence-corrected chi connectivity index (χ4v) is 11.8. The number of morpholine rings is 2. The molecule has 7 aromatic rings. The third-order valence-electron chi connectivity index (χ3n) is 15.3. The summed E-state index contributed by atoms with van der Waals surface area (Å²) < 4.78 is 24.9. The van der Waals surface area contributed by atoms with Crippen LogP contribution in [0.25, 0.3) is 11.0 Å². The maximum atomic E-state index is 16.9. The number of para-hydroxylation sites is 1. The van der Waals surface area contributed by atoms with E-state index in [0.29, 0.717) is 59.9 Å². The summed E-state index contributed by atoms with van der Waals surface area (Å²) in [5.74, 6) is 1.73. The Balaban J connectivity index is 1.16. The molecule has 18 nitrogen and oxygen atoms in total. The molecule has 1 aromatic heterocycles. The molecule has 3 saturated heterocycles. The molecule has 1 spiro atoms. The third-order valence-corrected chi connectivity index (χ3v) is 15.3. The monoisotopic (exact) mass is 1060 g/mol. The van der Waals surface area contributed by atoms with Gasteiger partial charge in [-0.15, -0.1) is 5.10 Å². The van der Waals surface area contributed by atoms with Gasteiger partial charge in [-0.3, -0.25) is 19.3 Å². The van der Waals surface area contributed by atoms with Crippen molar-refractivity contribution in [2.45, 2.75) is 56.1 Å². The zero-order chi connectivity index (χ0) is 54.8. The quantitative estimate of drug-likeness (QED) is 0.0794. The molecule has 0 bridgehead atoms. The molecule has 4 aliphatic rings. The summed E-state index contributed by atoms with van der Waals surface area (Å²) in [4.78, 5) is 82.6. The number of hydrogen-bond acceptors (Lipinski definition) is 14. The number of esters is 2. The average Bonchev–Trinajstić information content (AvgIpc) is 2.05. The van der Waals surface area contributed by atoms with Gasteiger partial charge in [0.2, 0.25) is 11.8 Å². The molecule has 11 rings (SSSR count). The van der Waals surface area contributed by atoms with Gasteiger partial charge in [-0.05, 0) is 94.9 Å². The van der Waals surface area contributed by atoms with E-state index in [4.69, 9.17) is 18.9 Å². The van der Waals surface area contributed by atoms with Crippen LogP contribution in [0.4, 0.5) is 21.9 Å². The first kappa shape index (κ1) is 52.2. The summed E-state index contributed by atoms with van der Waals surface area (Å²) in [7, 11) is 1.22. The van der Waals surface area contributed by atoms with Crippen molar-refractivity contribution in [2.24, 2.45) is 11.8 Å². The molecule has 0 saturated carbocycles. The number of methoxy groups -OCH3 is 1. The van der Waals surface area contributed by atoms with E-state index in [2.05, 4.69) is 37.7 Å². The highest BCUT2D eigenvalue weighted by molar-refractivity contribution is 6.25. The lowest BCUT2D eigenvalue weighted by molar-refractivity contribution is -0.177. The second-order valence-electron chi connectivity index (χ2n) is 20.1. The number of benzene rings is 6. The SMILES string of the molecule is COC(=O)[C@@H](NC(=O)N1C(=O)[C@@]2(c3cc(C#CCn4nnc5ccccc54)ccc31)[C@H](C(=O)Nc1ccc(N3CCOCC3)cc1)[C@H]1C(=O)O[C@H](c3ccccc3)[C@H](c3ccccc3)N1[C@@H]2c1ccc(OCCO)cc1)C(C)C. The first-order valence-electron chi connectivity index (χ1n) is 26.3. The fraction of sp³-hybridized carbons (Fsp3) is 0.295. The topological polar surface area (TPSA) is 207 Å². The zero-order valence-electron chi connectivity index (χ0n) is 43.7. The summed E-state index contributed by atoms with van der Waals surface area (Å²) >= 11 is 0. The van der Waals surface area contributed by atoms with Crippen molar-refractivity contribution >= 4 is 57.9 Å². The van der Waals surface area contributed by atoms with Crippen LogP contribution in [0.2, 0.25) is 0 Å². The molecule has 0 unspecified atom stereocenters. The number of ether oxygens (including phenoxy) is 4. The van der Waals surface area contributed by atoms with Crippen LogP contribution in [0.15, 0.2) is 152 Å². The number of carbonyl (C=O) groups is 5. The largest absolute Gasteiger partial charge is 0.491 e. The zero-order valence-corrected chi connectivity index (χ0v) is 43.7. The molecule has 4 aliphatic heterocycles. The van der Waals surface area contributed by atoms with Gasteiger partial charge in [-0.2, -0.15) is 0 Å². The maximum absolute atomic E-state index is 16.9. The Kier molecular flexibility index (Phi) is 14.7. The number of urea groups is 1. The van der Waals surface area contributed by atoms with Crippen LogP contribution in [0.5, 0.6) is 5.75 Å². The van der Waals surface area contributed by atoms with E-state index in [-0.39, 0.29) is 31.0 Å².